The molecule has 10 heteroatoms. The van der Waals surface area contributed by atoms with Crippen molar-refractivity contribution in [2.24, 2.45) is 7.05 Å². The molecule has 2 heterocycles. The van der Waals surface area contributed by atoms with Gasteiger partial charge in [-0.2, -0.15) is 4.48 Å². The van der Waals surface area contributed by atoms with Gasteiger partial charge in [-0.25, -0.2) is 9.59 Å². The van der Waals surface area contributed by atoms with Crippen molar-refractivity contribution in [2.75, 3.05) is 21.0 Å². The third kappa shape index (κ3) is 4.94. The molecule has 5 rings (SSSR count). The van der Waals surface area contributed by atoms with Crippen LogP contribution in [0.15, 0.2) is 59.4 Å². The fourth-order valence-corrected chi connectivity index (χ4v) is 7.23. The predicted octanol–water partition coefficient (Wildman–Crippen LogP) is 6.68. The first kappa shape index (κ1) is 31.6. The first-order valence-electron chi connectivity index (χ1n) is 14.9. The number of allylic oxidation sites excluding steroid dienone is 1. The molecule has 0 bridgehead atoms. The van der Waals surface area contributed by atoms with Gasteiger partial charge in [-0.15, -0.1) is 0 Å². The van der Waals surface area contributed by atoms with Gasteiger partial charge in [-0.3, -0.25) is 0 Å². The number of carboxylic acid groups (broad SMARTS) is 1. The van der Waals surface area contributed by atoms with E-state index in [0.717, 1.165) is 22.2 Å². The van der Waals surface area contributed by atoms with E-state index < -0.39 is 36.0 Å². The van der Waals surface area contributed by atoms with Crippen molar-refractivity contribution >= 4 is 36.8 Å². The number of methoxy groups -OCH3 is 2. The largest absolute Gasteiger partial charge is 0.506 e. The van der Waals surface area contributed by atoms with Crippen molar-refractivity contribution in [3.05, 3.63) is 76.2 Å². The molecule has 9 nitrogen and oxygen atoms in total. The van der Waals surface area contributed by atoms with Crippen LogP contribution in [0.1, 0.15) is 50.4 Å². The van der Waals surface area contributed by atoms with Gasteiger partial charge in [-0.05, 0) is 55.6 Å². The molecule has 0 fully saturated rings. The summed E-state index contributed by atoms with van der Waals surface area (Å²) in [5, 5.41) is 22.7. The minimum atomic E-state index is -2.47. The van der Waals surface area contributed by atoms with E-state index in [2.05, 4.69) is 38.4 Å². The van der Waals surface area contributed by atoms with Crippen molar-refractivity contribution in [1.82, 2.24) is 4.57 Å². The number of carbonyl (C=O) groups is 2. The summed E-state index contributed by atoms with van der Waals surface area (Å²) in [4.78, 5) is 27.7. The van der Waals surface area contributed by atoms with Crippen LogP contribution >= 0.6 is 0 Å². The van der Waals surface area contributed by atoms with Crippen LogP contribution in [0.2, 0.25) is 18.1 Å². The molecule has 0 saturated heterocycles. The maximum Gasteiger partial charge on any atom is 0.364 e. The van der Waals surface area contributed by atoms with E-state index in [-0.39, 0.29) is 18.3 Å². The van der Waals surface area contributed by atoms with Gasteiger partial charge in [0.05, 0.1) is 25.4 Å². The van der Waals surface area contributed by atoms with Crippen molar-refractivity contribution in [2.45, 2.75) is 64.7 Å². The second kappa shape index (κ2) is 11.2. The van der Waals surface area contributed by atoms with E-state index in [4.69, 9.17) is 13.9 Å². The zero-order chi connectivity index (χ0) is 32.2. The molecule has 234 valence electrons. The van der Waals surface area contributed by atoms with Gasteiger partial charge < -0.3 is 28.7 Å². The Morgan fingerprint density at radius 1 is 1.07 bits per heavy atom. The highest BCUT2D eigenvalue weighted by molar-refractivity contribution is 6.74. The van der Waals surface area contributed by atoms with E-state index in [1.807, 2.05) is 37.4 Å². The topological polar surface area (TPSA) is 107 Å². The Morgan fingerprint density at radius 3 is 2.41 bits per heavy atom. The number of aromatic nitrogens is 1. The Labute approximate surface area is 259 Å². The van der Waals surface area contributed by atoms with E-state index >= 15 is 0 Å². The number of carbonyl (C=O) groups excluding carboxylic acids is 1. The average Bonchev–Trinajstić information content (AvgIpc) is 3.11. The zero-order valence-corrected chi connectivity index (χ0v) is 27.9. The molecule has 1 amide bonds. The number of quaternary nitrogens is 1. The number of rotatable bonds is 8. The number of benzene rings is 2. The number of hydrogen-bond donors (Lipinski definition) is 2. The second-order valence-corrected chi connectivity index (χ2v) is 18.1. The van der Waals surface area contributed by atoms with E-state index in [9.17, 15) is 19.8 Å². The number of aliphatic carboxylic acids is 1. The number of nitrogens with zero attached hydrogens (tertiary/aromatic N) is 2. The van der Waals surface area contributed by atoms with Gasteiger partial charge in [0.25, 0.3) is 0 Å². The number of hydrogen-bond acceptors (Lipinski definition) is 6. The number of aryl methyl sites for hydroxylation is 1. The van der Waals surface area contributed by atoms with E-state index in [1.54, 1.807) is 26.4 Å². The van der Waals surface area contributed by atoms with Crippen LogP contribution in [0, 0.1) is 0 Å². The van der Waals surface area contributed by atoms with Gasteiger partial charge in [-0.1, -0.05) is 39.0 Å². The first-order chi connectivity index (χ1) is 20.7. The summed E-state index contributed by atoms with van der Waals surface area (Å²) in [6, 6.07) is 13.4. The van der Waals surface area contributed by atoms with Gasteiger partial charge >= 0.3 is 11.9 Å². The standard InChI is InChI=1S/C34H42N2O7Si/c1-34(2,3)44(7,8)43-20-36(19-21-16-17-22(41-5)18-27(21)42-6)30-24(31(37)29(32(36)38)33(39)40)13-11-15-26-28(30)23-12-9-10-14-25(23)35(26)4/h9-10,12,14,16-18H,11,13,15,19-20H2,1-8H3,(H-,37,38,39,40)/p+1. The molecule has 1 aliphatic heterocycles. The third-order valence-electron chi connectivity index (χ3n) is 9.74. The highest BCUT2D eigenvalue weighted by Gasteiger charge is 2.56. The Morgan fingerprint density at radius 2 is 1.77 bits per heavy atom. The zero-order valence-electron chi connectivity index (χ0n) is 26.9. The summed E-state index contributed by atoms with van der Waals surface area (Å²) < 4.78 is 19.8. The molecule has 2 aliphatic rings. The van der Waals surface area contributed by atoms with Crippen molar-refractivity contribution in [3.63, 3.8) is 0 Å². The van der Waals surface area contributed by atoms with Gasteiger partial charge in [0, 0.05) is 35.3 Å². The molecule has 1 aliphatic carbocycles. The molecular formula is C34H43N2O7Si+. The molecule has 0 spiro atoms. The van der Waals surface area contributed by atoms with Crippen LogP contribution < -0.4 is 9.47 Å². The van der Waals surface area contributed by atoms with Gasteiger partial charge in [0.2, 0.25) is 5.57 Å². The highest BCUT2D eigenvalue weighted by atomic mass is 28.4. The molecule has 2 aromatic carbocycles. The molecule has 44 heavy (non-hydrogen) atoms. The fourth-order valence-electron chi connectivity index (χ4n) is 6.25. The fraction of sp³-hybridized carbons (Fsp3) is 0.412. The van der Waals surface area contributed by atoms with E-state index in [0.29, 0.717) is 47.6 Å². The summed E-state index contributed by atoms with van der Waals surface area (Å²) in [5.41, 5.74) is 4.03. The molecule has 1 unspecified atom stereocenters. The van der Waals surface area contributed by atoms with Crippen LogP contribution in [-0.4, -0.2) is 60.4 Å². The number of carboxylic acids is 1. The number of fused-ring (bicyclic) bond motifs is 4. The van der Waals surface area contributed by atoms with Crippen LogP contribution in [0.4, 0.5) is 0 Å². The predicted molar refractivity (Wildman–Crippen MR) is 172 cm³/mol. The Balaban J connectivity index is 1.89. The summed E-state index contributed by atoms with van der Waals surface area (Å²) in [5.74, 6) is -1.54. The number of para-hydroxylation sites is 1. The summed E-state index contributed by atoms with van der Waals surface area (Å²) >= 11 is 0. The highest BCUT2D eigenvalue weighted by Crippen LogP contribution is 2.50. The minimum absolute atomic E-state index is 0.0478. The molecule has 0 saturated carbocycles. The normalized spacial score (nSPS) is 19.1. The average molecular weight is 620 g/mol. The van der Waals surface area contributed by atoms with Crippen LogP contribution in [0.25, 0.3) is 16.6 Å². The number of aliphatic hydroxyl groups is 1. The molecule has 1 aromatic heterocycles. The van der Waals surface area contributed by atoms with E-state index in [1.165, 1.54) is 0 Å². The lowest BCUT2D eigenvalue weighted by Gasteiger charge is -2.44. The van der Waals surface area contributed by atoms with Crippen molar-refractivity contribution < 1.29 is 38.2 Å². The SMILES string of the molecule is COc1ccc(C[N+]2(CO[Si](C)(C)C(C)(C)C)C(=O)C(C(=O)O)=C(O)C3=C2c2c(n(C)c4ccccc24)CCC3)c(OC)c1. The maximum absolute atomic E-state index is 14.9. The molecule has 3 aromatic rings. The van der Waals surface area contributed by atoms with Crippen LogP contribution in [0.5, 0.6) is 11.5 Å². The summed E-state index contributed by atoms with van der Waals surface area (Å²) in [7, 11) is 2.68. The van der Waals surface area contributed by atoms with Gasteiger partial charge in [0.1, 0.15) is 23.8 Å². The Hall–Kier alpha value is -3.86. The van der Waals surface area contributed by atoms with Gasteiger partial charge in [0.15, 0.2) is 20.7 Å². The summed E-state index contributed by atoms with van der Waals surface area (Å²) in [6.07, 6.45) is 1.79. The second-order valence-electron chi connectivity index (χ2n) is 13.2. The first-order valence-corrected chi connectivity index (χ1v) is 17.8. The molecule has 0 radical (unpaired) electrons. The lowest BCUT2D eigenvalue weighted by molar-refractivity contribution is -0.815. The lowest BCUT2D eigenvalue weighted by atomic mass is 9.90. The third-order valence-corrected chi connectivity index (χ3v) is 14.2. The quantitative estimate of drug-likeness (QED) is 0.165. The number of aliphatic hydroxyl groups excluding tert-OH is 1. The smallest absolute Gasteiger partial charge is 0.364 e. The van der Waals surface area contributed by atoms with Crippen molar-refractivity contribution in [1.29, 1.82) is 0 Å². The molecule has 1 atom stereocenters. The molecular weight excluding hydrogens is 576 g/mol. The monoisotopic (exact) mass is 619 g/mol. The van der Waals surface area contributed by atoms with Crippen LogP contribution in [-0.2, 0) is 34.0 Å². The molecule has 2 N–H and O–H groups in total. The Kier molecular flexibility index (Phi) is 8.07. The minimum Gasteiger partial charge on any atom is -0.506 e. The number of ether oxygens (including phenoxy) is 2. The lowest BCUT2D eigenvalue weighted by Crippen LogP contribution is -2.58. The van der Waals surface area contributed by atoms with Crippen LogP contribution in [0.3, 0.4) is 0 Å². The summed E-state index contributed by atoms with van der Waals surface area (Å²) in [6.45, 7) is 10.6. The Bertz CT molecular complexity index is 1730. The number of amides is 1. The maximum atomic E-state index is 14.9. The van der Waals surface area contributed by atoms with Crippen molar-refractivity contribution in [3.8, 4) is 11.5 Å².